The molecule has 2 heterocycles. The SMILES string of the molecule is COc1ccc(CCn2c(-c3ccc(S(=O)(=O)N4CCCCC4)cc3)csc2=Nc2ccc(Cl)cc2)cc1OC. The molecule has 0 amide bonds. The Morgan fingerprint density at radius 3 is 2.27 bits per heavy atom. The number of methoxy groups -OCH3 is 2. The van der Waals surface area contributed by atoms with E-state index in [1.54, 1.807) is 42.0 Å². The molecule has 0 saturated carbocycles. The number of thiazole rings is 1. The summed E-state index contributed by atoms with van der Waals surface area (Å²) in [6.07, 6.45) is 3.63. The summed E-state index contributed by atoms with van der Waals surface area (Å²) in [5.41, 5.74) is 3.81. The van der Waals surface area contributed by atoms with E-state index in [-0.39, 0.29) is 0 Å². The number of aromatic nitrogens is 1. The highest BCUT2D eigenvalue weighted by molar-refractivity contribution is 7.89. The first-order chi connectivity index (χ1) is 19.4. The maximum Gasteiger partial charge on any atom is 0.243 e. The van der Waals surface area contributed by atoms with Gasteiger partial charge in [0.15, 0.2) is 16.3 Å². The maximum atomic E-state index is 13.2. The molecule has 10 heteroatoms. The summed E-state index contributed by atoms with van der Waals surface area (Å²) < 4.78 is 41.0. The molecule has 0 spiro atoms. The number of ether oxygens (including phenoxy) is 2. The first-order valence-corrected chi connectivity index (χ1v) is 15.9. The third-order valence-electron chi connectivity index (χ3n) is 7.02. The first-order valence-electron chi connectivity index (χ1n) is 13.2. The van der Waals surface area contributed by atoms with Gasteiger partial charge in [-0.3, -0.25) is 0 Å². The zero-order valence-corrected chi connectivity index (χ0v) is 24.9. The lowest BCUT2D eigenvalue weighted by Crippen LogP contribution is -2.35. The molecule has 0 bridgehead atoms. The van der Waals surface area contributed by atoms with Crippen LogP contribution in [0.1, 0.15) is 24.8 Å². The van der Waals surface area contributed by atoms with Crippen molar-refractivity contribution in [1.82, 2.24) is 8.87 Å². The predicted molar refractivity (Wildman–Crippen MR) is 160 cm³/mol. The number of hydrogen-bond acceptors (Lipinski definition) is 6. The van der Waals surface area contributed by atoms with E-state index in [0.717, 1.165) is 53.0 Å². The van der Waals surface area contributed by atoms with Gasteiger partial charge in [-0.05, 0) is 78.9 Å². The molecule has 1 aliphatic rings. The highest BCUT2D eigenvalue weighted by atomic mass is 35.5. The van der Waals surface area contributed by atoms with E-state index in [9.17, 15) is 8.42 Å². The number of sulfonamides is 1. The average Bonchev–Trinajstić information content (AvgIpc) is 3.39. The van der Waals surface area contributed by atoms with Crippen molar-refractivity contribution in [3.05, 3.63) is 87.5 Å². The Labute approximate surface area is 244 Å². The van der Waals surface area contributed by atoms with Crippen molar-refractivity contribution in [3.63, 3.8) is 0 Å². The van der Waals surface area contributed by atoms with Crippen LogP contribution in [-0.2, 0) is 23.0 Å². The van der Waals surface area contributed by atoms with Gasteiger partial charge in [0.05, 0.1) is 30.5 Å². The highest BCUT2D eigenvalue weighted by Crippen LogP contribution is 2.29. The molecule has 3 aromatic carbocycles. The molecular weight excluding hydrogens is 566 g/mol. The smallest absolute Gasteiger partial charge is 0.243 e. The van der Waals surface area contributed by atoms with E-state index in [4.69, 9.17) is 26.1 Å². The molecule has 1 aliphatic heterocycles. The van der Waals surface area contributed by atoms with Crippen molar-refractivity contribution in [2.24, 2.45) is 4.99 Å². The van der Waals surface area contributed by atoms with Crippen LogP contribution in [0.2, 0.25) is 5.02 Å². The summed E-state index contributed by atoms with van der Waals surface area (Å²) in [6, 6.07) is 20.6. The summed E-state index contributed by atoms with van der Waals surface area (Å²) in [6.45, 7) is 1.83. The van der Waals surface area contributed by atoms with E-state index < -0.39 is 10.0 Å². The number of aryl methyl sites for hydroxylation is 1. The van der Waals surface area contributed by atoms with Gasteiger partial charge >= 0.3 is 0 Å². The molecule has 1 fully saturated rings. The summed E-state index contributed by atoms with van der Waals surface area (Å²) in [5, 5.41) is 2.73. The molecule has 0 aliphatic carbocycles. The first kappa shape index (κ1) is 28.4. The predicted octanol–water partition coefficient (Wildman–Crippen LogP) is 6.54. The largest absolute Gasteiger partial charge is 0.493 e. The summed E-state index contributed by atoms with van der Waals surface area (Å²) in [7, 11) is -0.237. The highest BCUT2D eigenvalue weighted by Gasteiger charge is 2.26. The Morgan fingerprint density at radius 2 is 1.60 bits per heavy atom. The van der Waals surface area contributed by atoms with Crippen LogP contribution >= 0.6 is 22.9 Å². The van der Waals surface area contributed by atoms with Gasteiger partial charge in [0, 0.05) is 30.0 Å². The topological polar surface area (TPSA) is 73.1 Å². The standard InChI is InChI=1S/C30H32ClN3O4S2/c1-37-28-15-6-22(20-29(28)38-2)16-19-34-27(21-39-30(34)32-25-11-9-24(31)10-12-25)23-7-13-26(14-8-23)40(35,36)33-17-4-3-5-18-33/h6-15,20-21H,3-5,16-19H2,1-2H3. The minimum absolute atomic E-state index is 0.330. The van der Waals surface area contributed by atoms with Gasteiger partial charge in [-0.15, -0.1) is 11.3 Å². The normalized spacial score (nSPS) is 14.8. The minimum Gasteiger partial charge on any atom is -0.493 e. The van der Waals surface area contributed by atoms with Crippen molar-refractivity contribution in [2.75, 3.05) is 27.3 Å². The van der Waals surface area contributed by atoms with Crippen LogP contribution in [-0.4, -0.2) is 44.6 Å². The van der Waals surface area contributed by atoms with Crippen LogP contribution < -0.4 is 14.3 Å². The minimum atomic E-state index is -3.49. The third kappa shape index (κ3) is 6.28. The maximum absolute atomic E-state index is 13.2. The second kappa shape index (κ2) is 12.6. The third-order valence-corrected chi connectivity index (χ3v) is 10.1. The van der Waals surface area contributed by atoms with E-state index in [2.05, 4.69) is 9.95 Å². The van der Waals surface area contributed by atoms with Crippen molar-refractivity contribution in [2.45, 2.75) is 37.1 Å². The molecule has 0 unspecified atom stereocenters. The molecule has 7 nitrogen and oxygen atoms in total. The van der Waals surface area contributed by atoms with Crippen molar-refractivity contribution >= 4 is 38.6 Å². The monoisotopic (exact) mass is 597 g/mol. The number of hydrogen-bond donors (Lipinski definition) is 0. The van der Waals surface area contributed by atoms with Gasteiger partial charge in [0.2, 0.25) is 10.0 Å². The number of halogens is 1. The molecule has 0 atom stereocenters. The molecule has 5 rings (SSSR count). The number of rotatable bonds is 9. The quantitative estimate of drug-likeness (QED) is 0.220. The Kier molecular flexibility index (Phi) is 8.95. The molecular formula is C30H32ClN3O4S2. The fourth-order valence-corrected chi connectivity index (χ4v) is 7.42. The van der Waals surface area contributed by atoms with Crippen LogP contribution in [0.15, 0.2) is 82.0 Å². The molecule has 40 heavy (non-hydrogen) atoms. The Morgan fingerprint density at radius 1 is 0.900 bits per heavy atom. The van der Waals surface area contributed by atoms with Crippen LogP contribution in [0, 0.1) is 0 Å². The van der Waals surface area contributed by atoms with Crippen molar-refractivity contribution < 1.29 is 17.9 Å². The average molecular weight is 598 g/mol. The molecule has 1 saturated heterocycles. The lowest BCUT2D eigenvalue weighted by atomic mass is 10.1. The second-order valence-electron chi connectivity index (χ2n) is 9.57. The second-order valence-corrected chi connectivity index (χ2v) is 12.8. The fraction of sp³-hybridized carbons (Fsp3) is 0.300. The lowest BCUT2D eigenvalue weighted by molar-refractivity contribution is 0.346. The van der Waals surface area contributed by atoms with Crippen molar-refractivity contribution in [3.8, 4) is 22.8 Å². The number of nitrogens with zero attached hydrogens (tertiary/aromatic N) is 3. The Hall–Kier alpha value is -3.11. The zero-order valence-electron chi connectivity index (χ0n) is 22.5. The van der Waals surface area contributed by atoms with Crippen LogP contribution in [0.25, 0.3) is 11.3 Å². The summed E-state index contributed by atoms with van der Waals surface area (Å²) >= 11 is 7.62. The fourth-order valence-electron chi connectivity index (χ4n) is 4.82. The van der Waals surface area contributed by atoms with Crippen LogP contribution in [0.3, 0.4) is 0 Å². The molecule has 1 aromatic heterocycles. The van der Waals surface area contributed by atoms with E-state index >= 15 is 0 Å². The molecule has 0 radical (unpaired) electrons. The molecule has 210 valence electrons. The Balaban J connectivity index is 1.48. The van der Waals surface area contributed by atoms with Gasteiger partial charge in [-0.2, -0.15) is 4.31 Å². The lowest BCUT2D eigenvalue weighted by Gasteiger charge is -2.25. The van der Waals surface area contributed by atoms with E-state index in [1.807, 2.05) is 54.6 Å². The summed E-state index contributed by atoms with van der Waals surface area (Å²) in [4.78, 5) is 6.06. The number of benzene rings is 3. The van der Waals surface area contributed by atoms with Gasteiger partial charge in [-0.1, -0.05) is 36.2 Å². The number of piperidine rings is 1. The molecule has 4 aromatic rings. The van der Waals surface area contributed by atoms with E-state index in [0.29, 0.717) is 41.1 Å². The van der Waals surface area contributed by atoms with Gasteiger partial charge in [-0.25, -0.2) is 13.4 Å². The Bertz CT molecular complexity index is 1620. The van der Waals surface area contributed by atoms with Gasteiger partial charge in [0.25, 0.3) is 0 Å². The van der Waals surface area contributed by atoms with Gasteiger partial charge < -0.3 is 14.0 Å². The zero-order chi connectivity index (χ0) is 28.1. The van der Waals surface area contributed by atoms with Crippen LogP contribution in [0.4, 0.5) is 5.69 Å². The molecule has 0 N–H and O–H groups in total. The van der Waals surface area contributed by atoms with Crippen LogP contribution in [0.5, 0.6) is 11.5 Å². The summed E-state index contributed by atoms with van der Waals surface area (Å²) in [5.74, 6) is 1.38. The van der Waals surface area contributed by atoms with Crippen molar-refractivity contribution in [1.29, 1.82) is 0 Å². The van der Waals surface area contributed by atoms with E-state index in [1.165, 1.54) is 0 Å². The van der Waals surface area contributed by atoms with Gasteiger partial charge in [0.1, 0.15) is 0 Å².